The largest absolute Gasteiger partial charge is 0.460 e. The van der Waals surface area contributed by atoms with Crippen molar-refractivity contribution in [3.8, 4) is 11.8 Å². The number of aldehydes is 1. The van der Waals surface area contributed by atoms with Crippen molar-refractivity contribution in [1.29, 1.82) is 0 Å². The smallest absolute Gasteiger partial charge is 0.186 e. The first-order valence-electron chi connectivity index (χ1n) is 4.39. The Kier molecular flexibility index (Phi) is 4.72. The average molecular weight is 222 g/mol. The fraction of sp³-hybridized carbons (Fsp3) is 0.273. The molecular weight excluding hydrogens is 212 g/mol. The number of carbonyl (C=O) groups excluding carboxylic acids is 2. The topological polar surface area (TPSA) is 47.3 Å². The molecule has 1 heterocycles. The highest BCUT2D eigenvalue weighted by Crippen LogP contribution is 2.06. The van der Waals surface area contributed by atoms with Crippen LogP contribution in [0.2, 0.25) is 0 Å². The number of hydrogen-bond donors (Lipinski definition) is 0. The van der Waals surface area contributed by atoms with Gasteiger partial charge in [0, 0.05) is 19.1 Å². The molecule has 78 valence electrons. The van der Waals surface area contributed by atoms with Crippen molar-refractivity contribution in [2.45, 2.75) is 13.3 Å². The zero-order valence-electron chi connectivity index (χ0n) is 8.28. The molecule has 4 heteroatoms. The van der Waals surface area contributed by atoms with E-state index in [0.717, 1.165) is 0 Å². The van der Waals surface area contributed by atoms with E-state index in [0.29, 0.717) is 24.0 Å². The van der Waals surface area contributed by atoms with Gasteiger partial charge in [0.15, 0.2) is 17.2 Å². The number of hydrogen-bond acceptors (Lipinski definition) is 4. The van der Waals surface area contributed by atoms with E-state index in [1.54, 1.807) is 6.07 Å². The highest BCUT2D eigenvalue weighted by Gasteiger charge is 2.00. The van der Waals surface area contributed by atoms with E-state index in [1.165, 1.54) is 24.9 Å². The van der Waals surface area contributed by atoms with Crippen molar-refractivity contribution < 1.29 is 14.0 Å². The first kappa shape index (κ1) is 11.6. The van der Waals surface area contributed by atoms with Crippen LogP contribution in [0.4, 0.5) is 0 Å². The molecule has 0 bridgehead atoms. The van der Waals surface area contributed by atoms with Crippen molar-refractivity contribution in [2.24, 2.45) is 0 Å². The molecule has 1 aromatic rings. The molecule has 0 aromatic carbocycles. The Morgan fingerprint density at radius 2 is 2.47 bits per heavy atom. The van der Waals surface area contributed by atoms with E-state index in [9.17, 15) is 9.59 Å². The molecule has 0 aliphatic rings. The van der Waals surface area contributed by atoms with Gasteiger partial charge in [-0.1, -0.05) is 23.6 Å². The monoisotopic (exact) mass is 222 g/mol. The van der Waals surface area contributed by atoms with Crippen LogP contribution >= 0.6 is 11.8 Å². The summed E-state index contributed by atoms with van der Waals surface area (Å²) in [5, 5.41) is 0.0914. The Bertz CT molecular complexity index is 409. The molecular formula is C11H10O3S. The number of carbonyl (C=O) groups is 2. The van der Waals surface area contributed by atoms with Crippen molar-refractivity contribution in [3.05, 3.63) is 23.7 Å². The summed E-state index contributed by atoms with van der Waals surface area (Å²) in [5.74, 6) is 6.62. The molecule has 1 aromatic heterocycles. The van der Waals surface area contributed by atoms with Gasteiger partial charge < -0.3 is 4.42 Å². The van der Waals surface area contributed by atoms with Gasteiger partial charge in [-0.15, -0.1) is 0 Å². The van der Waals surface area contributed by atoms with E-state index in [1.807, 2.05) is 0 Å². The lowest BCUT2D eigenvalue weighted by molar-refractivity contribution is -0.109. The molecule has 3 nitrogen and oxygen atoms in total. The third kappa shape index (κ3) is 4.05. The molecule has 0 aliphatic carbocycles. The maximum atomic E-state index is 10.6. The van der Waals surface area contributed by atoms with Crippen LogP contribution in [0.5, 0.6) is 0 Å². The molecule has 15 heavy (non-hydrogen) atoms. The molecule has 0 N–H and O–H groups in total. The van der Waals surface area contributed by atoms with Gasteiger partial charge >= 0.3 is 0 Å². The summed E-state index contributed by atoms with van der Waals surface area (Å²) in [4.78, 5) is 21.0. The normalized spacial score (nSPS) is 9.13. The first-order chi connectivity index (χ1) is 7.24. The molecule has 0 saturated heterocycles. The molecule has 0 spiro atoms. The Morgan fingerprint density at radius 3 is 3.13 bits per heavy atom. The minimum Gasteiger partial charge on any atom is -0.460 e. The third-order valence-electron chi connectivity index (χ3n) is 1.56. The van der Waals surface area contributed by atoms with Crippen molar-refractivity contribution in [1.82, 2.24) is 0 Å². The highest BCUT2D eigenvalue weighted by molar-refractivity contribution is 8.13. The standard InChI is InChI=1S/C11H10O3S/c1-9(13)15-7-3-2-4-10-5-6-14-11(10)8-12/h5-6,8H,3,7H2,1H3. The molecule has 0 fully saturated rings. The minimum atomic E-state index is 0.0914. The number of furan rings is 1. The van der Waals surface area contributed by atoms with E-state index in [4.69, 9.17) is 4.42 Å². The van der Waals surface area contributed by atoms with Gasteiger partial charge in [0.2, 0.25) is 0 Å². The Hall–Kier alpha value is -1.47. The molecule has 0 atom stereocenters. The second-order valence-electron chi connectivity index (χ2n) is 2.71. The van der Waals surface area contributed by atoms with Gasteiger partial charge in [-0.25, -0.2) is 0 Å². The predicted molar refractivity (Wildman–Crippen MR) is 58.7 cm³/mol. The van der Waals surface area contributed by atoms with Gasteiger partial charge in [0.05, 0.1) is 11.8 Å². The Balaban J connectivity index is 2.44. The summed E-state index contributed by atoms with van der Waals surface area (Å²) in [6.07, 6.45) is 2.68. The first-order valence-corrected chi connectivity index (χ1v) is 5.37. The SMILES string of the molecule is CC(=O)SCCC#Cc1ccoc1C=O. The van der Waals surface area contributed by atoms with Crippen LogP contribution < -0.4 is 0 Å². The second-order valence-corrected chi connectivity index (χ2v) is 3.98. The molecule has 0 amide bonds. The lowest BCUT2D eigenvalue weighted by atomic mass is 10.2. The third-order valence-corrected chi connectivity index (χ3v) is 2.37. The summed E-state index contributed by atoms with van der Waals surface area (Å²) < 4.78 is 4.88. The molecule has 0 unspecified atom stereocenters. The summed E-state index contributed by atoms with van der Waals surface area (Å²) in [7, 11) is 0. The van der Waals surface area contributed by atoms with Crippen molar-refractivity contribution >= 4 is 23.2 Å². The Morgan fingerprint density at radius 1 is 1.67 bits per heavy atom. The van der Waals surface area contributed by atoms with Gasteiger partial charge in [-0.05, 0) is 6.07 Å². The summed E-state index contributed by atoms with van der Waals surface area (Å²) in [5.41, 5.74) is 0.595. The lowest BCUT2D eigenvalue weighted by Crippen LogP contribution is -1.84. The van der Waals surface area contributed by atoms with Crippen LogP contribution in [0.25, 0.3) is 0 Å². The van der Waals surface area contributed by atoms with Gasteiger partial charge in [-0.3, -0.25) is 9.59 Å². The quantitative estimate of drug-likeness (QED) is 0.446. The lowest BCUT2D eigenvalue weighted by Gasteiger charge is -1.88. The van der Waals surface area contributed by atoms with Crippen LogP contribution in [0, 0.1) is 11.8 Å². The predicted octanol–water partition coefficient (Wildman–Crippen LogP) is 2.11. The van der Waals surface area contributed by atoms with Gasteiger partial charge in [0.1, 0.15) is 0 Å². The van der Waals surface area contributed by atoms with E-state index in [2.05, 4.69) is 11.8 Å². The molecule has 1 rings (SSSR count). The summed E-state index contributed by atoms with van der Waals surface area (Å²) >= 11 is 1.24. The average Bonchev–Trinajstić information content (AvgIpc) is 2.64. The maximum Gasteiger partial charge on any atom is 0.186 e. The van der Waals surface area contributed by atoms with E-state index >= 15 is 0 Å². The number of thioether (sulfide) groups is 1. The van der Waals surface area contributed by atoms with Crippen LogP contribution in [-0.4, -0.2) is 17.2 Å². The summed E-state index contributed by atoms with van der Waals surface area (Å²) in [6, 6.07) is 1.65. The maximum absolute atomic E-state index is 10.6. The summed E-state index contributed by atoms with van der Waals surface area (Å²) in [6.45, 7) is 1.53. The molecule has 0 radical (unpaired) electrons. The van der Waals surface area contributed by atoms with Crippen molar-refractivity contribution in [2.75, 3.05) is 5.75 Å². The molecule has 0 aliphatic heterocycles. The van der Waals surface area contributed by atoms with Gasteiger partial charge in [-0.2, -0.15) is 0 Å². The fourth-order valence-corrected chi connectivity index (χ4v) is 1.41. The zero-order valence-corrected chi connectivity index (χ0v) is 9.10. The number of rotatable bonds is 3. The Labute approximate surface area is 92.2 Å². The fourth-order valence-electron chi connectivity index (χ4n) is 0.919. The highest BCUT2D eigenvalue weighted by atomic mass is 32.2. The zero-order chi connectivity index (χ0) is 11.1. The van der Waals surface area contributed by atoms with Crippen LogP contribution in [0.15, 0.2) is 16.7 Å². The molecule has 0 saturated carbocycles. The minimum absolute atomic E-state index is 0.0914. The van der Waals surface area contributed by atoms with Crippen LogP contribution in [0.1, 0.15) is 29.5 Å². The second kappa shape index (κ2) is 6.10. The van der Waals surface area contributed by atoms with Crippen LogP contribution in [0.3, 0.4) is 0 Å². The van der Waals surface area contributed by atoms with E-state index in [-0.39, 0.29) is 10.9 Å². The van der Waals surface area contributed by atoms with E-state index < -0.39 is 0 Å². The van der Waals surface area contributed by atoms with Gasteiger partial charge in [0.25, 0.3) is 0 Å². The van der Waals surface area contributed by atoms with Crippen molar-refractivity contribution in [3.63, 3.8) is 0 Å². The van der Waals surface area contributed by atoms with Crippen LogP contribution in [-0.2, 0) is 4.79 Å².